The third-order valence-corrected chi connectivity index (χ3v) is 4.49. The fraction of sp³-hybridized carbons (Fsp3) is 0.400. The van der Waals surface area contributed by atoms with Crippen LogP contribution in [0.4, 0.5) is 5.69 Å². The van der Waals surface area contributed by atoms with Gasteiger partial charge in [0.25, 0.3) is 5.69 Å². The molecular weight excluding hydrogens is 346 g/mol. The molecular formula is C20H25N3O4. The van der Waals surface area contributed by atoms with E-state index in [2.05, 4.69) is 5.10 Å². The maximum Gasteiger partial charge on any atom is 0.277 e. The summed E-state index contributed by atoms with van der Waals surface area (Å²) in [7, 11) is 1.70. The molecule has 2 aromatic rings. The largest absolute Gasteiger partial charge is 0.475 e. The summed E-state index contributed by atoms with van der Waals surface area (Å²) in [6.45, 7) is 11.1. The minimum atomic E-state index is -0.416. The Morgan fingerprint density at radius 3 is 2.37 bits per heavy atom. The molecule has 0 unspecified atom stereocenters. The Kier molecular flexibility index (Phi) is 5.83. The van der Waals surface area contributed by atoms with Crippen LogP contribution < -0.4 is 4.74 Å². The van der Waals surface area contributed by atoms with Crippen molar-refractivity contribution >= 4 is 17.0 Å². The monoisotopic (exact) mass is 371 g/mol. The number of nitro groups is 1. The van der Waals surface area contributed by atoms with E-state index in [-0.39, 0.29) is 17.6 Å². The lowest BCUT2D eigenvalue weighted by Gasteiger charge is -2.14. The lowest BCUT2D eigenvalue weighted by Crippen LogP contribution is -2.13. The van der Waals surface area contributed by atoms with Crippen LogP contribution in [0.1, 0.15) is 61.7 Å². The zero-order valence-electron chi connectivity index (χ0n) is 16.8. The SMILES string of the molecule is CC(C)=C(C)c1c([N+](=O)[O-])ccc(C(=O)c2cnn(C)c2OC(C)C)c1C. The Labute approximate surface area is 158 Å². The Balaban J connectivity index is 2.68. The van der Waals surface area contributed by atoms with E-state index in [0.29, 0.717) is 28.1 Å². The third-order valence-electron chi connectivity index (χ3n) is 4.49. The maximum atomic E-state index is 13.2. The number of hydrogen-bond acceptors (Lipinski definition) is 5. The van der Waals surface area contributed by atoms with Crippen molar-refractivity contribution in [2.24, 2.45) is 7.05 Å². The zero-order valence-corrected chi connectivity index (χ0v) is 16.8. The number of aryl methyl sites for hydroxylation is 1. The molecule has 0 aliphatic rings. The predicted octanol–water partition coefficient (Wildman–Crippen LogP) is 4.47. The number of ether oxygens (including phenoxy) is 1. The van der Waals surface area contributed by atoms with Gasteiger partial charge in [0.1, 0.15) is 5.56 Å². The number of aromatic nitrogens is 2. The van der Waals surface area contributed by atoms with E-state index < -0.39 is 4.92 Å². The molecule has 1 aromatic heterocycles. The van der Waals surface area contributed by atoms with Crippen molar-refractivity contribution in [1.82, 2.24) is 9.78 Å². The van der Waals surface area contributed by atoms with Crippen molar-refractivity contribution in [1.29, 1.82) is 0 Å². The van der Waals surface area contributed by atoms with E-state index in [1.54, 1.807) is 14.0 Å². The molecule has 0 fully saturated rings. The standard InChI is InChI=1S/C20H25N3O4/c1-11(2)13(5)18-14(6)15(8-9-17(18)23(25)26)19(24)16-10-21-22(7)20(16)27-12(3)4/h8-10,12H,1-7H3. The quantitative estimate of drug-likeness (QED) is 0.425. The topological polar surface area (TPSA) is 87.3 Å². The Bertz CT molecular complexity index is 935. The Hall–Kier alpha value is -2.96. The molecule has 7 heteroatoms. The molecule has 1 heterocycles. The average molecular weight is 371 g/mol. The lowest BCUT2D eigenvalue weighted by molar-refractivity contribution is -0.385. The molecule has 0 aliphatic heterocycles. The summed E-state index contributed by atoms with van der Waals surface area (Å²) in [6, 6.07) is 2.89. The average Bonchev–Trinajstić information content (AvgIpc) is 2.93. The second kappa shape index (κ2) is 7.73. The van der Waals surface area contributed by atoms with E-state index in [4.69, 9.17) is 4.74 Å². The first-order chi connectivity index (χ1) is 12.6. The first-order valence-electron chi connectivity index (χ1n) is 8.72. The van der Waals surface area contributed by atoms with Crippen LogP contribution in [0, 0.1) is 17.0 Å². The maximum absolute atomic E-state index is 13.2. The Morgan fingerprint density at radius 2 is 1.85 bits per heavy atom. The van der Waals surface area contributed by atoms with Crippen molar-refractivity contribution in [3.63, 3.8) is 0 Å². The van der Waals surface area contributed by atoms with Crippen LogP contribution in [0.3, 0.4) is 0 Å². The van der Waals surface area contributed by atoms with E-state index in [1.165, 1.54) is 23.0 Å². The van der Waals surface area contributed by atoms with Gasteiger partial charge in [-0.15, -0.1) is 0 Å². The summed E-state index contributed by atoms with van der Waals surface area (Å²) < 4.78 is 7.25. The number of rotatable bonds is 6. The number of carbonyl (C=O) groups is 1. The summed E-state index contributed by atoms with van der Waals surface area (Å²) in [4.78, 5) is 24.3. The zero-order chi connectivity index (χ0) is 20.5. The van der Waals surface area contributed by atoms with Gasteiger partial charge >= 0.3 is 0 Å². The van der Waals surface area contributed by atoms with Crippen molar-refractivity contribution in [2.45, 2.75) is 47.6 Å². The normalized spacial score (nSPS) is 10.8. The van der Waals surface area contributed by atoms with Gasteiger partial charge < -0.3 is 4.74 Å². The van der Waals surface area contributed by atoms with Gasteiger partial charge in [0.05, 0.1) is 22.8 Å². The van der Waals surface area contributed by atoms with E-state index >= 15 is 0 Å². The first kappa shape index (κ1) is 20.4. The molecule has 0 aliphatic carbocycles. The van der Waals surface area contributed by atoms with Crippen LogP contribution in [-0.2, 0) is 7.05 Å². The molecule has 7 nitrogen and oxygen atoms in total. The molecule has 0 atom stereocenters. The second-order valence-corrected chi connectivity index (χ2v) is 7.00. The molecule has 0 amide bonds. The highest BCUT2D eigenvalue weighted by atomic mass is 16.6. The van der Waals surface area contributed by atoms with Crippen molar-refractivity contribution in [3.8, 4) is 5.88 Å². The minimum Gasteiger partial charge on any atom is -0.475 e. The van der Waals surface area contributed by atoms with Crippen LogP contribution >= 0.6 is 0 Å². The number of nitro benzene ring substituents is 1. The number of ketones is 1. The van der Waals surface area contributed by atoms with Crippen LogP contribution in [-0.4, -0.2) is 26.6 Å². The van der Waals surface area contributed by atoms with Gasteiger partial charge in [-0.2, -0.15) is 5.10 Å². The van der Waals surface area contributed by atoms with Crippen molar-refractivity contribution in [3.05, 3.63) is 56.3 Å². The molecule has 0 spiro atoms. The molecule has 27 heavy (non-hydrogen) atoms. The van der Waals surface area contributed by atoms with Gasteiger partial charge in [-0.3, -0.25) is 14.9 Å². The molecule has 2 rings (SSSR count). The molecule has 0 bridgehead atoms. The molecule has 0 N–H and O–H groups in total. The van der Waals surface area contributed by atoms with Gasteiger partial charge in [0.2, 0.25) is 5.88 Å². The third kappa shape index (κ3) is 3.92. The van der Waals surface area contributed by atoms with Gasteiger partial charge in [-0.1, -0.05) is 5.57 Å². The molecule has 0 saturated carbocycles. The highest BCUT2D eigenvalue weighted by Crippen LogP contribution is 2.34. The molecule has 144 valence electrons. The fourth-order valence-corrected chi connectivity index (χ4v) is 2.91. The van der Waals surface area contributed by atoms with Crippen molar-refractivity contribution < 1.29 is 14.5 Å². The summed E-state index contributed by atoms with van der Waals surface area (Å²) in [5, 5.41) is 15.6. The summed E-state index contributed by atoms with van der Waals surface area (Å²) in [6.07, 6.45) is 1.35. The lowest BCUT2D eigenvalue weighted by atomic mass is 9.90. The second-order valence-electron chi connectivity index (χ2n) is 7.00. The van der Waals surface area contributed by atoms with E-state index in [0.717, 1.165) is 11.1 Å². The van der Waals surface area contributed by atoms with Gasteiger partial charge in [-0.05, 0) is 58.7 Å². The number of carbonyl (C=O) groups excluding carboxylic acids is 1. The summed E-state index contributed by atoms with van der Waals surface area (Å²) in [5.41, 5.74) is 3.54. The van der Waals surface area contributed by atoms with E-state index in [9.17, 15) is 14.9 Å². The number of allylic oxidation sites excluding steroid dienone is 2. The highest BCUT2D eigenvalue weighted by molar-refractivity contribution is 6.12. The van der Waals surface area contributed by atoms with E-state index in [1.807, 2.05) is 34.6 Å². The fourth-order valence-electron chi connectivity index (χ4n) is 2.91. The van der Waals surface area contributed by atoms with Gasteiger partial charge in [0.15, 0.2) is 5.78 Å². The summed E-state index contributed by atoms with van der Waals surface area (Å²) >= 11 is 0. The van der Waals surface area contributed by atoms with Crippen LogP contribution in [0.15, 0.2) is 23.9 Å². The number of benzene rings is 1. The van der Waals surface area contributed by atoms with Crippen LogP contribution in [0.25, 0.3) is 5.57 Å². The van der Waals surface area contributed by atoms with Crippen LogP contribution in [0.5, 0.6) is 5.88 Å². The molecule has 0 radical (unpaired) electrons. The number of hydrogen-bond donors (Lipinski definition) is 0. The smallest absolute Gasteiger partial charge is 0.277 e. The predicted molar refractivity (Wildman–Crippen MR) is 104 cm³/mol. The molecule has 1 aromatic carbocycles. The Morgan fingerprint density at radius 1 is 1.22 bits per heavy atom. The highest BCUT2D eigenvalue weighted by Gasteiger charge is 2.26. The van der Waals surface area contributed by atoms with Crippen LogP contribution in [0.2, 0.25) is 0 Å². The van der Waals surface area contributed by atoms with Gasteiger partial charge in [0, 0.05) is 18.7 Å². The van der Waals surface area contributed by atoms with Crippen molar-refractivity contribution in [2.75, 3.05) is 0 Å². The summed E-state index contributed by atoms with van der Waals surface area (Å²) in [5.74, 6) is 0.113. The van der Waals surface area contributed by atoms with Gasteiger partial charge in [-0.25, -0.2) is 4.68 Å². The minimum absolute atomic E-state index is 0.00686. The molecule has 0 saturated heterocycles. The number of nitrogens with zero attached hydrogens (tertiary/aromatic N) is 3. The first-order valence-corrected chi connectivity index (χ1v) is 8.72.